The number of β-amino-alcohol motifs (C(OH)–C–C–N with tert-alkyl or cyclic N) is 1. The van der Waals surface area contributed by atoms with E-state index in [0.29, 0.717) is 17.6 Å². The van der Waals surface area contributed by atoms with Gasteiger partial charge in [-0.3, -0.25) is 4.90 Å². The van der Waals surface area contributed by atoms with Crippen LogP contribution in [0.15, 0.2) is 6.07 Å². The maximum atomic E-state index is 10.4. The van der Waals surface area contributed by atoms with Crippen LogP contribution in [0.1, 0.15) is 30.5 Å². The summed E-state index contributed by atoms with van der Waals surface area (Å²) in [5, 5.41) is 17.9. The van der Waals surface area contributed by atoms with Crippen LogP contribution in [0.2, 0.25) is 0 Å². The third kappa shape index (κ3) is 3.02. The van der Waals surface area contributed by atoms with Crippen LogP contribution in [-0.2, 0) is 0 Å². The SMILES string of the molecule is CNc1nc(N[C@H]2CN(C3CCC3)C[C@@H]2O)nc2nc(C)cc(C)c12. The molecular formula is C18H26N6O. The Kier molecular flexibility index (Phi) is 4.21. The number of rotatable bonds is 4. The van der Waals surface area contributed by atoms with Crippen molar-refractivity contribution in [3.05, 3.63) is 17.3 Å². The summed E-state index contributed by atoms with van der Waals surface area (Å²) < 4.78 is 0. The van der Waals surface area contributed by atoms with E-state index in [2.05, 4.69) is 30.5 Å². The standard InChI is InChI=1S/C18H26N6O/c1-10-7-11(2)20-17-15(10)16(19-3)22-18(23-17)21-13-8-24(9-14(13)25)12-5-4-6-12/h7,12-14,25H,4-6,8-9H2,1-3H3,(H2,19,20,21,22,23)/t13-,14-/m0/s1. The van der Waals surface area contributed by atoms with E-state index < -0.39 is 6.10 Å². The molecule has 2 atom stereocenters. The van der Waals surface area contributed by atoms with E-state index in [-0.39, 0.29) is 6.04 Å². The molecule has 2 aliphatic rings. The van der Waals surface area contributed by atoms with E-state index in [9.17, 15) is 5.11 Å². The summed E-state index contributed by atoms with van der Waals surface area (Å²) in [5.41, 5.74) is 2.73. The molecule has 2 aromatic heterocycles. The van der Waals surface area contributed by atoms with Gasteiger partial charge >= 0.3 is 0 Å². The molecule has 0 bridgehead atoms. The average molecular weight is 342 g/mol. The zero-order valence-electron chi connectivity index (χ0n) is 15.1. The summed E-state index contributed by atoms with van der Waals surface area (Å²) in [6.07, 6.45) is 3.40. The fourth-order valence-corrected chi connectivity index (χ4v) is 3.90. The summed E-state index contributed by atoms with van der Waals surface area (Å²) in [7, 11) is 1.85. The summed E-state index contributed by atoms with van der Waals surface area (Å²) in [6, 6.07) is 2.63. The summed E-state index contributed by atoms with van der Waals surface area (Å²) in [6.45, 7) is 5.58. The molecule has 0 unspecified atom stereocenters. The Morgan fingerprint density at radius 2 is 1.96 bits per heavy atom. The number of aromatic nitrogens is 3. The number of hydrogen-bond donors (Lipinski definition) is 3. The molecule has 25 heavy (non-hydrogen) atoms. The van der Waals surface area contributed by atoms with Gasteiger partial charge < -0.3 is 15.7 Å². The van der Waals surface area contributed by atoms with Gasteiger partial charge in [-0.1, -0.05) is 6.42 Å². The van der Waals surface area contributed by atoms with E-state index in [1.807, 2.05) is 27.0 Å². The average Bonchev–Trinajstić information content (AvgIpc) is 2.84. The van der Waals surface area contributed by atoms with Crippen molar-refractivity contribution >= 4 is 22.8 Å². The highest BCUT2D eigenvalue weighted by Gasteiger charge is 2.37. The van der Waals surface area contributed by atoms with Gasteiger partial charge in [0.2, 0.25) is 5.95 Å². The smallest absolute Gasteiger partial charge is 0.227 e. The quantitative estimate of drug-likeness (QED) is 0.779. The number of anilines is 2. The van der Waals surface area contributed by atoms with Crippen molar-refractivity contribution in [1.82, 2.24) is 19.9 Å². The summed E-state index contributed by atoms with van der Waals surface area (Å²) in [5.74, 6) is 1.29. The minimum absolute atomic E-state index is 0.0475. The molecular weight excluding hydrogens is 316 g/mol. The maximum Gasteiger partial charge on any atom is 0.227 e. The van der Waals surface area contributed by atoms with Gasteiger partial charge in [0.25, 0.3) is 0 Å². The Labute approximate surface area is 147 Å². The van der Waals surface area contributed by atoms with Crippen molar-refractivity contribution in [2.75, 3.05) is 30.8 Å². The second kappa shape index (κ2) is 6.38. The minimum atomic E-state index is -0.398. The van der Waals surface area contributed by atoms with Crippen LogP contribution < -0.4 is 10.6 Å². The molecule has 0 spiro atoms. The Morgan fingerprint density at radius 1 is 1.16 bits per heavy atom. The van der Waals surface area contributed by atoms with Gasteiger partial charge in [0.05, 0.1) is 17.5 Å². The molecule has 7 heteroatoms. The van der Waals surface area contributed by atoms with Crippen molar-refractivity contribution in [3.8, 4) is 0 Å². The Hall–Kier alpha value is -1.99. The van der Waals surface area contributed by atoms with Gasteiger partial charge in [0.1, 0.15) is 5.82 Å². The Morgan fingerprint density at radius 3 is 2.64 bits per heavy atom. The molecule has 0 amide bonds. The van der Waals surface area contributed by atoms with Crippen molar-refractivity contribution in [2.45, 2.75) is 51.3 Å². The molecule has 4 rings (SSSR count). The second-order valence-electron chi connectivity index (χ2n) is 7.28. The van der Waals surface area contributed by atoms with Crippen LogP contribution in [0.25, 0.3) is 11.0 Å². The first-order valence-electron chi connectivity index (χ1n) is 9.07. The van der Waals surface area contributed by atoms with Gasteiger partial charge in [0, 0.05) is 31.9 Å². The molecule has 1 saturated heterocycles. The molecule has 2 aromatic rings. The number of nitrogens with one attached hydrogen (secondary N) is 2. The molecule has 1 saturated carbocycles. The molecule has 0 radical (unpaired) electrons. The first-order valence-corrected chi connectivity index (χ1v) is 9.07. The monoisotopic (exact) mass is 342 g/mol. The van der Waals surface area contributed by atoms with Crippen LogP contribution >= 0.6 is 0 Å². The van der Waals surface area contributed by atoms with Crippen molar-refractivity contribution in [1.29, 1.82) is 0 Å². The minimum Gasteiger partial charge on any atom is -0.390 e. The summed E-state index contributed by atoms with van der Waals surface area (Å²) in [4.78, 5) is 16.2. The lowest BCUT2D eigenvalue weighted by Crippen LogP contribution is -2.39. The largest absolute Gasteiger partial charge is 0.390 e. The molecule has 1 aliphatic carbocycles. The van der Waals surface area contributed by atoms with Crippen LogP contribution in [0.5, 0.6) is 0 Å². The number of aliphatic hydroxyl groups is 1. The van der Waals surface area contributed by atoms with Gasteiger partial charge in [-0.25, -0.2) is 4.98 Å². The van der Waals surface area contributed by atoms with E-state index in [4.69, 9.17) is 0 Å². The lowest BCUT2D eigenvalue weighted by molar-refractivity contribution is 0.123. The first kappa shape index (κ1) is 16.5. The first-order chi connectivity index (χ1) is 12.0. The van der Waals surface area contributed by atoms with Gasteiger partial charge in [-0.2, -0.15) is 9.97 Å². The zero-order valence-corrected chi connectivity index (χ0v) is 15.1. The van der Waals surface area contributed by atoms with Crippen LogP contribution in [0.4, 0.5) is 11.8 Å². The second-order valence-corrected chi connectivity index (χ2v) is 7.28. The predicted octanol–water partition coefficient (Wildman–Crippen LogP) is 1.69. The third-order valence-corrected chi connectivity index (χ3v) is 5.45. The molecule has 134 valence electrons. The number of hydrogen-bond acceptors (Lipinski definition) is 7. The lowest BCUT2D eigenvalue weighted by Gasteiger charge is -2.34. The van der Waals surface area contributed by atoms with Crippen molar-refractivity contribution < 1.29 is 5.11 Å². The van der Waals surface area contributed by atoms with Gasteiger partial charge in [0.15, 0.2) is 5.65 Å². The molecule has 1 aliphatic heterocycles. The van der Waals surface area contributed by atoms with Gasteiger partial charge in [-0.05, 0) is 38.3 Å². The normalized spacial score (nSPS) is 24.5. The lowest BCUT2D eigenvalue weighted by atomic mass is 9.92. The Balaban J connectivity index is 1.61. The topological polar surface area (TPSA) is 86.2 Å². The highest BCUT2D eigenvalue weighted by atomic mass is 16.3. The van der Waals surface area contributed by atoms with E-state index in [1.54, 1.807) is 0 Å². The highest BCUT2D eigenvalue weighted by molar-refractivity contribution is 5.90. The molecule has 0 aromatic carbocycles. The van der Waals surface area contributed by atoms with E-state index in [0.717, 1.165) is 35.6 Å². The number of fused-ring (bicyclic) bond motifs is 1. The number of pyridine rings is 1. The Bertz CT molecular complexity index is 791. The fraction of sp³-hybridized carbons (Fsp3) is 0.611. The number of aryl methyl sites for hydroxylation is 2. The van der Waals surface area contributed by atoms with Gasteiger partial charge in [-0.15, -0.1) is 0 Å². The fourth-order valence-electron chi connectivity index (χ4n) is 3.90. The summed E-state index contributed by atoms with van der Waals surface area (Å²) >= 11 is 0. The third-order valence-electron chi connectivity index (χ3n) is 5.45. The van der Waals surface area contributed by atoms with Crippen LogP contribution in [-0.4, -0.2) is 63.3 Å². The maximum absolute atomic E-state index is 10.4. The zero-order chi connectivity index (χ0) is 17.6. The van der Waals surface area contributed by atoms with E-state index in [1.165, 1.54) is 19.3 Å². The molecule has 3 N–H and O–H groups in total. The number of aliphatic hydroxyl groups excluding tert-OH is 1. The van der Waals surface area contributed by atoms with E-state index >= 15 is 0 Å². The van der Waals surface area contributed by atoms with Crippen molar-refractivity contribution in [2.24, 2.45) is 0 Å². The van der Waals surface area contributed by atoms with Crippen LogP contribution in [0, 0.1) is 13.8 Å². The molecule has 7 nitrogen and oxygen atoms in total. The van der Waals surface area contributed by atoms with Crippen molar-refractivity contribution in [3.63, 3.8) is 0 Å². The number of nitrogens with zero attached hydrogens (tertiary/aromatic N) is 4. The molecule has 3 heterocycles. The predicted molar refractivity (Wildman–Crippen MR) is 99.0 cm³/mol. The molecule has 2 fully saturated rings. The van der Waals surface area contributed by atoms with Crippen LogP contribution in [0.3, 0.4) is 0 Å². The highest BCUT2D eigenvalue weighted by Crippen LogP contribution is 2.29. The number of likely N-dealkylation sites (tertiary alicyclic amines) is 1.